The van der Waals surface area contributed by atoms with Crippen LogP contribution in [0.5, 0.6) is 5.75 Å². The van der Waals surface area contributed by atoms with Gasteiger partial charge in [-0.3, -0.25) is 4.90 Å². The number of phenolic OH excluding ortho intramolecular Hbond substituents is 1. The van der Waals surface area contributed by atoms with Crippen LogP contribution in [0.3, 0.4) is 0 Å². The average Bonchev–Trinajstić information content (AvgIpc) is 3.23. The van der Waals surface area contributed by atoms with E-state index in [0.717, 1.165) is 42.3 Å². The van der Waals surface area contributed by atoms with Crippen molar-refractivity contribution in [3.63, 3.8) is 0 Å². The third-order valence-corrected chi connectivity index (χ3v) is 4.55. The number of nitrogens with one attached hydrogen (secondary N) is 1. The van der Waals surface area contributed by atoms with Gasteiger partial charge in [-0.15, -0.1) is 0 Å². The number of hydrogen-bond acceptors (Lipinski definition) is 5. The number of fused-ring (bicyclic) bond motifs is 1. The highest BCUT2D eigenvalue weighted by Gasteiger charge is 2.31. The summed E-state index contributed by atoms with van der Waals surface area (Å²) in [6, 6.07) is 7.40. The first-order chi connectivity index (χ1) is 11.8. The molecule has 0 aliphatic carbocycles. The zero-order valence-corrected chi connectivity index (χ0v) is 13.6. The van der Waals surface area contributed by atoms with Crippen molar-refractivity contribution in [3.8, 4) is 5.75 Å². The van der Waals surface area contributed by atoms with Gasteiger partial charge in [-0.2, -0.15) is 5.10 Å². The van der Waals surface area contributed by atoms with E-state index in [9.17, 15) is 5.11 Å². The topological polar surface area (TPSA) is 82.9 Å². The second-order valence-corrected chi connectivity index (χ2v) is 5.98. The molecular formula is C17H20N6O. The molecule has 4 rings (SSSR count). The summed E-state index contributed by atoms with van der Waals surface area (Å²) in [5, 5.41) is 14.2. The average molecular weight is 324 g/mol. The molecule has 0 saturated carbocycles. The molecule has 1 aliphatic rings. The van der Waals surface area contributed by atoms with Crippen LogP contribution in [0.15, 0.2) is 36.9 Å². The Labute approximate surface area is 140 Å². The van der Waals surface area contributed by atoms with Crippen LogP contribution in [0.25, 0.3) is 0 Å². The lowest BCUT2D eigenvalue weighted by Gasteiger charge is -2.34. The minimum absolute atomic E-state index is 0.00546. The Morgan fingerprint density at radius 1 is 1.33 bits per heavy atom. The van der Waals surface area contributed by atoms with Gasteiger partial charge in [0.05, 0.1) is 24.6 Å². The zero-order valence-electron chi connectivity index (χ0n) is 13.6. The maximum Gasteiger partial charge on any atom is 0.141 e. The summed E-state index contributed by atoms with van der Waals surface area (Å²) in [4.78, 5) is 14.5. The molecule has 1 aromatic carbocycles. The van der Waals surface area contributed by atoms with Crippen molar-refractivity contribution in [2.45, 2.75) is 32.5 Å². The van der Waals surface area contributed by atoms with E-state index < -0.39 is 0 Å². The minimum atomic E-state index is -0.00546. The monoisotopic (exact) mass is 324 g/mol. The molecule has 0 amide bonds. The first-order valence-corrected chi connectivity index (χ1v) is 8.18. The van der Waals surface area contributed by atoms with Crippen LogP contribution in [0.1, 0.15) is 35.7 Å². The summed E-state index contributed by atoms with van der Waals surface area (Å²) in [6.45, 7) is 4.45. The summed E-state index contributed by atoms with van der Waals surface area (Å²) in [5.74, 6) is 1.22. The number of aromatic nitrogens is 5. The van der Waals surface area contributed by atoms with E-state index in [1.54, 1.807) is 18.7 Å². The Kier molecular flexibility index (Phi) is 3.78. The molecule has 7 nitrogen and oxygen atoms in total. The first kappa shape index (κ1) is 14.9. The molecule has 3 heterocycles. The predicted octanol–water partition coefficient (Wildman–Crippen LogP) is 1.87. The van der Waals surface area contributed by atoms with Gasteiger partial charge >= 0.3 is 0 Å². The van der Waals surface area contributed by atoms with E-state index >= 15 is 0 Å². The Morgan fingerprint density at radius 2 is 2.25 bits per heavy atom. The van der Waals surface area contributed by atoms with E-state index in [-0.39, 0.29) is 11.8 Å². The van der Waals surface area contributed by atoms with Crippen molar-refractivity contribution in [3.05, 3.63) is 59.7 Å². The summed E-state index contributed by atoms with van der Waals surface area (Å²) in [7, 11) is 0. The number of nitrogens with zero attached hydrogens (tertiary/aromatic N) is 5. The number of hydrogen-bond donors (Lipinski definition) is 2. The third-order valence-electron chi connectivity index (χ3n) is 4.55. The predicted molar refractivity (Wildman–Crippen MR) is 88.3 cm³/mol. The summed E-state index contributed by atoms with van der Waals surface area (Å²) in [5.41, 5.74) is 3.22. The van der Waals surface area contributed by atoms with Gasteiger partial charge in [0, 0.05) is 25.2 Å². The number of H-pyrrole nitrogens is 1. The van der Waals surface area contributed by atoms with Crippen molar-refractivity contribution in [2.24, 2.45) is 0 Å². The van der Waals surface area contributed by atoms with Crippen LogP contribution >= 0.6 is 0 Å². The summed E-state index contributed by atoms with van der Waals surface area (Å²) in [6.07, 6.45) is 4.27. The van der Waals surface area contributed by atoms with Gasteiger partial charge in [-0.05, 0) is 24.6 Å². The molecule has 0 unspecified atom stereocenters. The van der Waals surface area contributed by atoms with Crippen molar-refractivity contribution < 1.29 is 5.11 Å². The maximum atomic E-state index is 9.89. The van der Waals surface area contributed by atoms with Gasteiger partial charge in [0.15, 0.2) is 0 Å². The quantitative estimate of drug-likeness (QED) is 0.765. The van der Waals surface area contributed by atoms with E-state index in [2.05, 4.69) is 31.9 Å². The highest BCUT2D eigenvalue weighted by molar-refractivity contribution is 5.36. The number of rotatable bonds is 4. The number of aryl methyl sites for hydroxylation is 1. The van der Waals surface area contributed by atoms with Crippen molar-refractivity contribution >= 4 is 0 Å². The molecule has 0 fully saturated rings. The lowest BCUT2D eigenvalue weighted by molar-refractivity contribution is 0.191. The standard InChI is InChI=1S/C17H20N6O/c1-2-23-15(19-11-21-23)9-22-7-6-14-16(20-10-18-14)17(22)12-4-3-5-13(24)8-12/h3-5,8,10-11,17,24H,2,6-7,9H2,1H3,(H,18,20)/t17-/m0/s1. The summed E-state index contributed by atoms with van der Waals surface area (Å²) >= 11 is 0. The molecule has 2 aromatic heterocycles. The molecule has 1 atom stereocenters. The molecule has 7 heteroatoms. The van der Waals surface area contributed by atoms with Crippen LogP contribution in [0.4, 0.5) is 0 Å². The zero-order chi connectivity index (χ0) is 16.5. The Balaban J connectivity index is 1.72. The molecule has 3 aromatic rings. The highest BCUT2D eigenvalue weighted by Crippen LogP contribution is 2.35. The Hall–Kier alpha value is -2.67. The minimum Gasteiger partial charge on any atom is -0.508 e. The first-order valence-electron chi connectivity index (χ1n) is 8.18. The van der Waals surface area contributed by atoms with Crippen LogP contribution in [0.2, 0.25) is 0 Å². The van der Waals surface area contributed by atoms with Crippen LogP contribution in [0, 0.1) is 0 Å². The van der Waals surface area contributed by atoms with Crippen LogP contribution in [-0.2, 0) is 19.5 Å². The largest absolute Gasteiger partial charge is 0.508 e. The highest BCUT2D eigenvalue weighted by atomic mass is 16.3. The normalized spacial score (nSPS) is 17.8. The van der Waals surface area contributed by atoms with E-state index in [1.807, 2.05) is 22.9 Å². The fraction of sp³-hybridized carbons (Fsp3) is 0.353. The maximum absolute atomic E-state index is 9.89. The molecule has 1 aliphatic heterocycles. The smallest absolute Gasteiger partial charge is 0.141 e. The van der Waals surface area contributed by atoms with E-state index in [1.165, 1.54) is 0 Å². The van der Waals surface area contributed by atoms with Gasteiger partial charge in [-0.1, -0.05) is 12.1 Å². The van der Waals surface area contributed by atoms with Gasteiger partial charge < -0.3 is 10.1 Å². The molecule has 0 spiro atoms. The molecule has 2 N–H and O–H groups in total. The Morgan fingerprint density at radius 3 is 3.08 bits per heavy atom. The van der Waals surface area contributed by atoms with E-state index in [0.29, 0.717) is 6.54 Å². The number of phenols is 1. The van der Waals surface area contributed by atoms with Crippen molar-refractivity contribution in [1.82, 2.24) is 29.6 Å². The molecule has 0 radical (unpaired) electrons. The van der Waals surface area contributed by atoms with Gasteiger partial charge in [-0.25, -0.2) is 14.6 Å². The lowest BCUT2D eigenvalue weighted by atomic mass is 9.95. The number of aromatic hydroxyl groups is 1. The summed E-state index contributed by atoms with van der Waals surface area (Å²) < 4.78 is 1.92. The number of imidazole rings is 1. The second-order valence-electron chi connectivity index (χ2n) is 5.98. The Bertz CT molecular complexity index is 839. The van der Waals surface area contributed by atoms with Crippen LogP contribution in [-0.4, -0.2) is 41.3 Å². The molecule has 0 saturated heterocycles. The number of aromatic amines is 1. The molecule has 0 bridgehead atoms. The van der Waals surface area contributed by atoms with E-state index in [4.69, 9.17) is 0 Å². The molecular weight excluding hydrogens is 304 g/mol. The SMILES string of the molecule is CCn1ncnc1CN1CCc2[nH]cnc2[C@@H]1c1cccc(O)c1. The fourth-order valence-corrected chi connectivity index (χ4v) is 3.42. The van der Waals surface area contributed by atoms with Crippen molar-refractivity contribution in [2.75, 3.05) is 6.54 Å². The fourth-order valence-electron chi connectivity index (χ4n) is 3.42. The molecule has 124 valence electrons. The van der Waals surface area contributed by atoms with Gasteiger partial charge in [0.25, 0.3) is 0 Å². The second kappa shape index (κ2) is 6.09. The number of benzene rings is 1. The lowest BCUT2D eigenvalue weighted by Crippen LogP contribution is -2.36. The van der Waals surface area contributed by atoms with Crippen LogP contribution < -0.4 is 0 Å². The van der Waals surface area contributed by atoms with Crippen molar-refractivity contribution in [1.29, 1.82) is 0 Å². The third kappa shape index (κ3) is 2.56. The van der Waals surface area contributed by atoms with Gasteiger partial charge in [0.2, 0.25) is 0 Å². The molecule has 24 heavy (non-hydrogen) atoms. The van der Waals surface area contributed by atoms with Gasteiger partial charge in [0.1, 0.15) is 17.9 Å².